The second-order valence-electron chi connectivity index (χ2n) is 35.2. The fourth-order valence-electron chi connectivity index (χ4n) is 17.3. The Kier molecular flexibility index (Phi) is 51.9. The monoisotopic (exact) mass is 1850 g/mol. The van der Waals surface area contributed by atoms with Crippen molar-refractivity contribution < 1.29 is 183 Å². The van der Waals surface area contributed by atoms with E-state index < -0.39 is 285 Å². The molecule has 7 heterocycles. The van der Waals surface area contributed by atoms with Gasteiger partial charge in [0.15, 0.2) is 44.0 Å². The number of unbranched alkanes of at least 4 members (excludes halogenated alkanes) is 28. The van der Waals surface area contributed by atoms with Gasteiger partial charge in [-0.2, -0.15) is 0 Å². The van der Waals surface area contributed by atoms with Crippen LogP contribution >= 0.6 is 0 Å². The number of nitrogens with one attached hydrogen (secondary N) is 3. The van der Waals surface area contributed by atoms with E-state index in [1.54, 1.807) is 6.08 Å². The van der Waals surface area contributed by atoms with Crippen LogP contribution in [0, 0.1) is 0 Å². The number of carbonyl (C=O) groups excluding carboxylic acids is 3. The van der Waals surface area contributed by atoms with Crippen molar-refractivity contribution >= 4 is 17.7 Å². The Hall–Kier alpha value is -3.47. The fraction of sp³-hybridized carbons (Fsp3) is 0.920. The predicted molar refractivity (Wildman–Crippen MR) is 453 cm³/mol. The maximum Gasteiger partial charge on any atom is 0.220 e. The lowest BCUT2D eigenvalue weighted by molar-refractivity contribution is -0.407. The molecule has 7 saturated heterocycles. The van der Waals surface area contributed by atoms with Gasteiger partial charge in [0.25, 0.3) is 0 Å². The van der Waals surface area contributed by atoms with Gasteiger partial charge in [0, 0.05) is 20.3 Å². The number of ether oxygens (including phenoxy) is 14. The first-order chi connectivity index (χ1) is 61.5. The Morgan fingerprint density at radius 3 is 1.16 bits per heavy atom. The van der Waals surface area contributed by atoms with E-state index in [4.69, 9.17) is 66.3 Å². The van der Waals surface area contributed by atoms with Crippen LogP contribution in [-0.4, -0.2) is 393 Å². The summed E-state index contributed by atoms with van der Waals surface area (Å²) in [5.74, 6) is -2.09. The van der Waals surface area contributed by atoms with Crippen molar-refractivity contribution in [2.24, 2.45) is 0 Å². The first kappa shape index (κ1) is 112. The average molecular weight is 1850 g/mol. The zero-order chi connectivity index (χ0) is 93.5. The number of hydrogen-bond donors (Lipinski definition) is 23. The van der Waals surface area contributed by atoms with E-state index in [0.29, 0.717) is 12.8 Å². The standard InChI is InChI=1S/C88H157N3O37/c1-6-8-10-12-14-16-18-20-21-22-23-24-25-26-27-29-31-33-35-37-39-41-60(101)91-52(53(100)40-38-36-34-32-30-28-19-17-15-13-11-9-7-2)48-115-84-73(112)70(109)77(58(46-96)121-84)124-86-74(113)71(110)76(59(47-97)122-86)123-83-62(90-51(5)99)78(65(104)55(43-93)118-83)125-88-81(128-85-72(111)69(108)63(102)49(3)116-85)80(67(106)57(45-95)120-88)127-87-75(114)79(66(105)56(44-94)119-87)126-82-61(89-50(4)98)68(107)64(103)54(42-92)117-82/h20-21,38,40,49,52-59,61-88,92-97,100,102-114H,6-19,22-37,39,41-48H2,1-5H3,(H,89,98)(H,90,99)(H,91,101)/b21-20-,40-38+/t49?,52-,53+,54?,55?,56?,57?,58?,59?,61?,62?,63+,64-,65-,66-,67-,68+,69?,70+,71+,72-,73?,74?,75?,76-,77+,78+,79-,80-,81?,82-,83-,84+,85+,86-,87+,88-/m0/s1. The van der Waals surface area contributed by atoms with E-state index in [0.717, 1.165) is 78.1 Å². The number of rotatable bonds is 59. The lowest BCUT2D eigenvalue weighted by Gasteiger charge is -2.52. The van der Waals surface area contributed by atoms with Gasteiger partial charge < -0.3 is 184 Å². The summed E-state index contributed by atoms with van der Waals surface area (Å²) in [6.07, 6.45) is -23.5. The molecule has 0 aromatic rings. The molecule has 7 aliphatic rings. The SMILES string of the molecule is CCCCCCCC/C=C\CCCCCCCCCCCCCC(=O)N[C@@H](CO[C@@H]1OC(CO)[C@@H](O[C@@H]2OC(CO)[C@H](O[C@@H]3OC(CO)[C@H](O)[C@H](O[C@@H]4OC(CO)[C@H](O)[C@H](O[C@H]5OC(CO)[C@H](O)[C@H](O[C@@H]6OC(CO)[C@H](O)[C@H](O)C6NC(C)=O)C5O)C4O[C@H]4OC(C)[C@@H](O)C(O)[C@@H]4O)C3NC(C)=O)[C@H](O)C2O)[C@H](O)C1O)[C@H](O)/C=C/CCCCCCCCCCCCC. The highest BCUT2D eigenvalue weighted by Crippen LogP contribution is 2.40. The van der Waals surface area contributed by atoms with Gasteiger partial charge in [-0.15, -0.1) is 0 Å². The summed E-state index contributed by atoms with van der Waals surface area (Å²) >= 11 is 0. The minimum atomic E-state index is -2.33. The highest BCUT2D eigenvalue weighted by Gasteiger charge is 2.60. The highest BCUT2D eigenvalue weighted by atomic mass is 16.8. The van der Waals surface area contributed by atoms with Gasteiger partial charge in [-0.3, -0.25) is 14.4 Å². The van der Waals surface area contributed by atoms with E-state index in [1.165, 1.54) is 129 Å². The normalized spacial score (nSPS) is 37.7. The maximum absolute atomic E-state index is 13.6. The molecular weight excluding hydrogens is 1690 g/mol. The summed E-state index contributed by atoms with van der Waals surface area (Å²) in [5, 5.41) is 234. The Balaban J connectivity index is 1.01. The molecule has 0 aromatic heterocycles. The van der Waals surface area contributed by atoms with E-state index in [-0.39, 0.29) is 12.3 Å². The molecular formula is C88H157N3O37. The van der Waals surface area contributed by atoms with Gasteiger partial charge in [-0.05, 0) is 51.9 Å². The van der Waals surface area contributed by atoms with Crippen molar-refractivity contribution in [3.8, 4) is 0 Å². The summed E-state index contributed by atoms with van der Waals surface area (Å²) in [7, 11) is 0. The predicted octanol–water partition coefficient (Wildman–Crippen LogP) is -1.46. The molecule has 0 bridgehead atoms. The van der Waals surface area contributed by atoms with Crippen LogP contribution in [0.25, 0.3) is 0 Å². The first-order valence-corrected chi connectivity index (χ1v) is 47.0. The van der Waals surface area contributed by atoms with Gasteiger partial charge in [0.2, 0.25) is 17.7 Å². The smallest absolute Gasteiger partial charge is 0.220 e. The Morgan fingerprint density at radius 1 is 0.320 bits per heavy atom. The largest absolute Gasteiger partial charge is 0.394 e. The third-order valence-corrected chi connectivity index (χ3v) is 25.0. The van der Waals surface area contributed by atoms with Crippen LogP contribution < -0.4 is 16.0 Å². The van der Waals surface area contributed by atoms with E-state index in [9.17, 15) is 117 Å². The van der Waals surface area contributed by atoms with E-state index >= 15 is 0 Å². The molecule has 128 heavy (non-hydrogen) atoms. The zero-order valence-corrected chi connectivity index (χ0v) is 75.1. The molecule has 746 valence electrons. The molecule has 40 heteroatoms. The first-order valence-electron chi connectivity index (χ1n) is 47.0. The van der Waals surface area contributed by atoms with Gasteiger partial charge in [0.05, 0.1) is 64.5 Å². The average Bonchev–Trinajstić information content (AvgIpc) is 0.763. The molecule has 23 N–H and O–H groups in total. The van der Waals surface area contributed by atoms with Crippen LogP contribution in [0.5, 0.6) is 0 Å². The lowest BCUT2D eigenvalue weighted by Crippen LogP contribution is -2.71. The number of hydrogen-bond acceptors (Lipinski definition) is 37. The minimum Gasteiger partial charge on any atom is -0.394 e. The molecule has 3 amide bonds. The molecule has 7 rings (SSSR count). The van der Waals surface area contributed by atoms with Crippen molar-refractivity contribution in [3.05, 3.63) is 24.3 Å². The lowest BCUT2D eigenvalue weighted by atomic mass is 9.93. The Labute approximate surface area is 751 Å². The van der Waals surface area contributed by atoms with Crippen molar-refractivity contribution in [3.63, 3.8) is 0 Å². The minimum absolute atomic E-state index is 0.159. The molecule has 37 atom stereocenters. The van der Waals surface area contributed by atoms with Crippen LogP contribution in [0.3, 0.4) is 0 Å². The third kappa shape index (κ3) is 33.8. The van der Waals surface area contributed by atoms with Gasteiger partial charge >= 0.3 is 0 Å². The van der Waals surface area contributed by atoms with Gasteiger partial charge in [0.1, 0.15) is 165 Å². The molecule has 7 fully saturated rings. The van der Waals surface area contributed by atoms with Crippen molar-refractivity contribution in [1.82, 2.24) is 16.0 Å². The number of carbonyl (C=O) groups is 3. The van der Waals surface area contributed by atoms with Crippen molar-refractivity contribution in [2.75, 3.05) is 46.2 Å². The van der Waals surface area contributed by atoms with Gasteiger partial charge in [-0.1, -0.05) is 192 Å². The Morgan fingerprint density at radius 2 is 0.664 bits per heavy atom. The number of amides is 3. The quantitative estimate of drug-likeness (QED) is 0.0244. The number of aliphatic hydroxyl groups is 20. The molecule has 0 radical (unpaired) electrons. The molecule has 40 nitrogen and oxygen atoms in total. The molecule has 0 aliphatic carbocycles. The number of aliphatic hydroxyl groups excluding tert-OH is 20. The van der Waals surface area contributed by atoms with Crippen molar-refractivity contribution in [1.29, 1.82) is 0 Å². The van der Waals surface area contributed by atoms with E-state index in [2.05, 4.69) is 41.9 Å². The molecule has 0 aromatic carbocycles. The van der Waals surface area contributed by atoms with Crippen LogP contribution in [0.1, 0.15) is 240 Å². The second-order valence-corrected chi connectivity index (χ2v) is 35.2. The van der Waals surface area contributed by atoms with E-state index in [1.807, 2.05) is 6.08 Å². The Bertz CT molecular complexity index is 3070. The van der Waals surface area contributed by atoms with Crippen LogP contribution in [0.15, 0.2) is 24.3 Å². The molecule has 0 spiro atoms. The fourth-order valence-corrected chi connectivity index (χ4v) is 17.3. The topological polar surface area (TPSA) is 621 Å². The van der Waals surface area contributed by atoms with Crippen LogP contribution in [0.4, 0.5) is 0 Å². The maximum atomic E-state index is 13.6. The molecule has 0 saturated carbocycles. The summed E-state index contributed by atoms with van der Waals surface area (Å²) in [4.78, 5) is 39.4. The third-order valence-electron chi connectivity index (χ3n) is 25.0. The highest BCUT2D eigenvalue weighted by molar-refractivity contribution is 5.76. The zero-order valence-electron chi connectivity index (χ0n) is 75.1. The molecule has 7 aliphatic heterocycles. The van der Waals surface area contributed by atoms with Crippen LogP contribution in [-0.2, 0) is 80.7 Å². The number of allylic oxidation sites excluding steroid dienone is 3. The van der Waals surface area contributed by atoms with Crippen LogP contribution in [0.2, 0.25) is 0 Å². The summed E-state index contributed by atoms with van der Waals surface area (Å²) < 4.78 is 84.5. The molecule has 14 unspecified atom stereocenters. The van der Waals surface area contributed by atoms with Gasteiger partial charge in [-0.25, -0.2) is 0 Å². The summed E-state index contributed by atoms with van der Waals surface area (Å²) in [6, 6.07) is -4.70. The summed E-state index contributed by atoms with van der Waals surface area (Å²) in [6.45, 7) is 0.905. The second kappa shape index (κ2) is 59.5. The summed E-state index contributed by atoms with van der Waals surface area (Å²) in [5.41, 5.74) is 0. The van der Waals surface area contributed by atoms with Crippen molar-refractivity contribution in [2.45, 2.75) is 467 Å².